The molecule has 0 aromatic heterocycles. The minimum Gasteiger partial charge on any atom is -0.368 e. The van der Waals surface area contributed by atoms with E-state index in [1.165, 1.54) is 0 Å². The number of hydrogen-bond donors (Lipinski definition) is 2. The molecule has 0 aliphatic carbocycles. The predicted molar refractivity (Wildman–Crippen MR) is 81.2 cm³/mol. The summed E-state index contributed by atoms with van der Waals surface area (Å²) in [5, 5.41) is 5.66. The lowest BCUT2D eigenvalue weighted by Gasteiger charge is -2.12. The van der Waals surface area contributed by atoms with Crippen LogP contribution in [-0.2, 0) is 9.53 Å². The van der Waals surface area contributed by atoms with E-state index in [1.807, 2.05) is 13.8 Å². The molecule has 0 radical (unpaired) electrons. The molecule has 1 heterocycles. The van der Waals surface area contributed by atoms with Crippen molar-refractivity contribution in [3.8, 4) is 0 Å². The minimum atomic E-state index is -0.372. The number of hydrogen-bond acceptors (Lipinski definition) is 3. The number of carbonyl (C=O) groups excluding carboxylic acids is 2. The summed E-state index contributed by atoms with van der Waals surface area (Å²) in [7, 11) is 0. The number of nitrogens with one attached hydrogen (secondary N) is 2. The molecule has 0 saturated carbocycles. The first-order chi connectivity index (χ1) is 10.1. The first-order valence-electron chi connectivity index (χ1n) is 7.37. The highest BCUT2D eigenvalue weighted by Gasteiger charge is 2.23. The van der Waals surface area contributed by atoms with Crippen LogP contribution in [0.1, 0.15) is 37.0 Å². The third-order valence-electron chi connectivity index (χ3n) is 3.29. The van der Waals surface area contributed by atoms with Gasteiger partial charge in [-0.05, 0) is 37.0 Å². The highest BCUT2D eigenvalue weighted by Crippen LogP contribution is 2.16. The van der Waals surface area contributed by atoms with E-state index in [2.05, 4.69) is 10.6 Å². The lowest BCUT2D eigenvalue weighted by atomic mass is 10.1. The van der Waals surface area contributed by atoms with Crippen molar-refractivity contribution in [1.29, 1.82) is 0 Å². The van der Waals surface area contributed by atoms with E-state index < -0.39 is 0 Å². The monoisotopic (exact) mass is 290 g/mol. The van der Waals surface area contributed by atoms with Crippen molar-refractivity contribution in [2.75, 3.05) is 18.5 Å². The smallest absolute Gasteiger partial charge is 0.253 e. The van der Waals surface area contributed by atoms with Crippen LogP contribution in [0.3, 0.4) is 0 Å². The number of ether oxygens (including phenoxy) is 1. The summed E-state index contributed by atoms with van der Waals surface area (Å²) >= 11 is 0. The summed E-state index contributed by atoms with van der Waals surface area (Å²) in [5.41, 5.74) is 1.16. The lowest BCUT2D eigenvalue weighted by molar-refractivity contribution is -0.124. The molecule has 0 unspecified atom stereocenters. The molecule has 21 heavy (non-hydrogen) atoms. The van der Waals surface area contributed by atoms with Crippen LogP contribution < -0.4 is 10.6 Å². The molecular formula is C16H22N2O3. The third kappa shape index (κ3) is 4.56. The Morgan fingerprint density at radius 1 is 1.38 bits per heavy atom. The predicted octanol–water partition coefficient (Wildman–Crippen LogP) is 2.19. The van der Waals surface area contributed by atoms with Crippen LogP contribution in [0, 0.1) is 5.92 Å². The maximum absolute atomic E-state index is 12.0. The maximum atomic E-state index is 12.0. The summed E-state index contributed by atoms with van der Waals surface area (Å²) in [4.78, 5) is 24.0. The fourth-order valence-electron chi connectivity index (χ4n) is 2.14. The lowest BCUT2D eigenvalue weighted by Crippen LogP contribution is -2.28. The SMILES string of the molecule is CC(C)CNC(=O)c1cccc(NC(=O)[C@H]2CCCO2)c1. The van der Waals surface area contributed by atoms with Gasteiger partial charge in [-0.15, -0.1) is 0 Å². The molecule has 2 rings (SSSR count). The quantitative estimate of drug-likeness (QED) is 0.873. The Labute approximate surface area is 125 Å². The molecule has 114 valence electrons. The Morgan fingerprint density at radius 3 is 2.86 bits per heavy atom. The van der Waals surface area contributed by atoms with Gasteiger partial charge in [0.25, 0.3) is 11.8 Å². The number of anilines is 1. The largest absolute Gasteiger partial charge is 0.368 e. The molecule has 0 bridgehead atoms. The van der Waals surface area contributed by atoms with Crippen LogP contribution in [0.4, 0.5) is 5.69 Å². The Morgan fingerprint density at radius 2 is 2.19 bits per heavy atom. The van der Waals surface area contributed by atoms with Crippen molar-refractivity contribution in [1.82, 2.24) is 5.32 Å². The van der Waals surface area contributed by atoms with Crippen molar-refractivity contribution >= 4 is 17.5 Å². The van der Waals surface area contributed by atoms with Crippen LogP contribution in [0.15, 0.2) is 24.3 Å². The van der Waals surface area contributed by atoms with E-state index in [1.54, 1.807) is 24.3 Å². The molecule has 2 amide bonds. The molecule has 2 N–H and O–H groups in total. The topological polar surface area (TPSA) is 67.4 Å². The average molecular weight is 290 g/mol. The van der Waals surface area contributed by atoms with Gasteiger partial charge in [-0.2, -0.15) is 0 Å². The van der Waals surface area contributed by atoms with Crippen molar-refractivity contribution in [3.63, 3.8) is 0 Å². The molecule has 1 saturated heterocycles. The minimum absolute atomic E-state index is 0.128. The van der Waals surface area contributed by atoms with Crippen molar-refractivity contribution in [2.24, 2.45) is 5.92 Å². The summed E-state index contributed by atoms with van der Waals surface area (Å²) in [6.45, 7) is 5.35. The summed E-state index contributed by atoms with van der Waals surface area (Å²) < 4.78 is 5.34. The molecule has 5 heteroatoms. The van der Waals surface area contributed by atoms with Crippen LogP contribution >= 0.6 is 0 Å². The van der Waals surface area contributed by atoms with Gasteiger partial charge in [0, 0.05) is 24.4 Å². The van der Waals surface area contributed by atoms with Gasteiger partial charge >= 0.3 is 0 Å². The molecule has 0 spiro atoms. The van der Waals surface area contributed by atoms with Gasteiger partial charge in [-0.1, -0.05) is 19.9 Å². The standard InChI is InChI=1S/C16H22N2O3/c1-11(2)10-17-15(19)12-5-3-6-13(9-12)18-16(20)14-7-4-8-21-14/h3,5-6,9,11,14H,4,7-8,10H2,1-2H3,(H,17,19)(H,18,20)/t14-/m1/s1. The Kier molecular flexibility index (Phi) is 5.33. The van der Waals surface area contributed by atoms with Gasteiger partial charge in [0.1, 0.15) is 6.10 Å². The van der Waals surface area contributed by atoms with Crippen LogP contribution in [0.2, 0.25) is 0 Å². The maximum Gasteiger partial charge on any atom is 0.253 e. The second-order valence-electron chi connectivity index (χ2n) is 5.68. The second-order valence-corrected chi connectivity index (χ2v) is 5.68. The van der Waals surface area contributed by atoms with Crippen molar-refractivity contribution in [2.45, 2.75) is 32.8 Å². The van der Waals surface area contributed by atoms with Gasteiger partial charge < -0.3 is 15.4 Å². The number of rotatable bonds is 5. The van der Waals surface area contributed by atoms with E-state index in [9.17, 15) is 9.59 Å². The summed E-state index contributed by atoms with van der Waals surface area (Å²) in [5.74, 6) is 0.125. The average Bonchev–Trinajstić information content (AvgIpc) is 2.99. The Bertz CT molecular complexity index is 508. The van der Waals surface area contributed by atoms with Gasteiger partial charge in [-0.25, -0.2) is 0 Å². The van der Waals surface area contributed by atoms with Crippen LogP contribution in [-0.4, -0.2) is 31.1 Å². The number of amides is 2. The zero-order valence-corrected chi connectivity index (χ0v) is 12.5. The molecule has 1 fully saturated rings. The molecular weight excluding hydrogens is 268 g/mol. The zero-order valence-electron chi connectivity index (χ0n) is 12.5. The first-order valence-corrected chi connectivity index (χ1v) is 7.37. The van der Waals surface area contributed by atoms with Gasteiger partial charge in [-0.3, -0.25) is 9.59 Å². The van der Waals surface area contributed by atoms with E-state index >= 15 is 0 Å². The molecule has 1 aliphatic heterocycles. The van der Waals surface area contributed by atoms with Crippen molar-refractivity contribution in [3.05, 3.63) is 29.8 Å². The molecule has 1 aliphatic rings. The second kappa shape index (κ2) is 7.22. The Balaban J connectivity index is 1.96. The van der Waals surface area contributed by atoms with E-state index in [4.69, 9.17) is 4.74 Å². The Hall–Kier alpha value is -1.88. The zero-order chi connectivity index (χ0) is 15.2. The number of benzene rings is 1. The van der Waals surface area contributed by atoms with Gasteiger partial charge in [0.15, 0.2) is 0 Å². The van der Waals surface area contributed by atoms with Crippen LogP contribution in [0.25, 0.3) is 0 Å². The highest BCUT2D eigenvalue weighted by molar-refractivity contribution is 5.98. The highest BCUT2D eigenvalue weighted by atomic mass is 16.5. The first kappa shape index (κ1) is 15.5. The van der Waals surface area contributed by atoms with E-state index in [0.29, 0.717) is 30.3 Å². The number of carbonyl (C=O) groups is 2. The molecule has 1 atom stereocenters. The van der Waals surface area contributed by atoms with Gasteiger partial charge in [0.05, 0.1) is 0 Å². The molecule has 1 aromatic carbocycles. The third-order valence-corrected chi connectivity index (χ3v) is 3.29. The fraction of sp³-hybridized carbons (Fsp3) is 0.500. The molecule has 5 nitrogen and oxygen atoms in total. The van der Waals surface area contributed by atoms with E-state index in [0.717, 1.165) is 12.8 Å². The van der Waals surface area contributed by atoms with Crippen molar-refractivity contribution < 1.29 is 14.3 Å². The molecule has 1 aromatic rings. The fourth-order valence-corrected chi connectivity index (χ4v) is 2.14. The normalized spacial score (nSPS) is 17.8. The van der Waals surface area contributed by atoms with E-state index in [-0.39, 0.29) is 17.9 Å². The summed E-state index contributed by atoms with van der Waals surface area (Å²) in [6.07, 6.45) is 1.29. The van der Waals surface area contributed by atoms with Gasteiger partial charge in [0.2, 0.25) is 0 Å². The summed E-state index contributed by atoms with van der Waals surface area (Å²) in [6, 6.07) is 6.95. The van der Waals surface area contributed by atoms with Crippen LogP contribution in [0.5, 0.6) is 0 Å².